The van der Waals surface area contributed by atoms with Crippen molar-refractivity contribution in [2.24, 2.45) is 5.92 Å². The van der Waals surface area contributed by atoms with E-state index in [2.05, 4.69) is 19.1 Å². The Labute approximate surface area is 114 Å². The van der Waals surface area contributed by atoms with Gasteiger partial charge in [-0.3, -0.25) is 4.79 Å². The average molecular weight is 256 g/mol. The van der Waals surface area contributed by atoms with E-state index in [1.54, 1.807) is 0 Å². The first-order chi connectivity index (χ1) is 9.17. The molecule has 0 aliphatic carbocycles. The van der Waals surface area contributed by atoms with Crippen molar-refractivity contribution in [3.8, 4) is 6.07 Å². The highest BCUT2D eigenvalue weighted by Gasteiger charge is 2.28. The molecule has 1 aliphatic rings. The van der Waals surface area contributed by atoms with Crippen LogP contribution in [0.1, 0.15) is 37.3 Å². The minimum atomic E-state index is -0.503. The van der Waals surface area contributed by atoms with E-state index in [0.717, 1.165) is 31.5 Å². The number of rotatable bonds is 3. The number of hydrogen-bond acceptors (Lipinski definition) is 2. The molecule has 0 saturated heterocycles. The van der Waals surface area contributed by atoms with E-state index in [0.29, 0.717) is 6.42 Å². The van der Waals surface area contributed by atoms with E-state index in [4.69, 9.17) is 5.26 Å². The molecule has 1 aromatic rings. The number of anilines is 1. The van der Waals surface area contributed by atoms with Crippen LogP contribution in [-0.2, 0) is 11.2 Å². The molecule has 1 amide bonds. The molecule has 1 aliphatic heterocycles. The lowest BCUT2D eigenvalue weighted by Gasteiger charge is -2.31. The van der Waals surface area contributed by atoms with Gasteiger partial charge in [0.15, 0.2) is 0 Å². The SMILES string of the molecule is CCCC(C#N)C(=O)N1CCCc2cc(C)ccc21. The summed E-state index contributed by atoms with van der Waals surface area (Å²) in [6, 6.07) is 8.35. The lowest BCUT2D eigenvalue weighted by Crippen LogP contribution is -2.39. The molecule has 100 valence electrons. The highest BCUT2D eigenvalue weighted by atomic mass is 16.2. The van der Waals surface area contributed by atoms with Crippen LogP contribution in [-0.4, -0.2) is 12.5 Å². The molecule has 2 rings (SSSR count). The molecule has 1 aromatic carbocycles. The van der Waals surface area contributed by atoms with Crippen molar-refractivity contribution in [2.45, 2.75) is 39.5 Å². The van der Waals surface area contributed by atoms with Gasteiger partial charge in [-0.15, -0.1) is 0 Å². The Morgan fingerprint density at radius 2 is 2.32 bits per heavy atom. The van der Waals surface area contributed by atoms with Gasteiger partial charge in [-0.25, -0.2) is 0 Å². The third kappa shape index (κ3) is 2.78. The number of nitrogens with zero attached hydrogens (tertiary/aromatic N) is 2. The van der Waals surface area contributed by atoms with Gasteiger partial charge >= 0.3 is 0 Å². The van der Waals surface area contributed by atoms with E-state index < -0.39 is 5.92 Å². The van der Waals surface area contributed by atoms with Gasteiger partial charge in [0.05, 0.1) is 6.07 Å². The van der Waals surface area contributed by atoms with Gasteiger partial charge in [0.25, 0.3) is 0 Å². The Hall–Kier alpha value is -1.82. The van der Waals surface area contributed by atoms with Crippen molar-refractivity contribution in [3.63, 3.8) is 0 Å². The maximum atomic E-state index is 12.5. The predicted molar refractivity (Wildman–Crippen MR) is 75.9 cm³/mol. The second-order valence-electron chi connectivity index (χ2n) is 5.20. The van der Waals surface area contributed by atoms with Crippen LogP contribution in [0.5, 0.6) is 0 Å². The monoisotopic (exact) mass is 256 g/mol. The smallest absolute Gasteiger partial charge is 0.244 e. The molecular formula is C16H20N2O. The minimum Gasteiger partial charge on any atom is -0.311 e. The van der Waals surface area contributed by atoms with E-state index in [1.807, 2.05) is 24.0 Å². The first-order valence-corrected chi connectivity index (χ1v) is 6.98. The number of hydrogen-bond donors (Lipinski definition) is 0. The highest BCUT2D eigenvalue weighted by Crippen LogP contribution is 2.29. The van der Waals surface area contributed by atoms with Crippen LogP contribution in [0.15, 0.2) is 18.2 Å². The summed E-state index contributed by atoms with van der Waals surface area (Å²) in [5, 5.41) is 9.15. The summed E-state index contributed by atoms with van der Waals surface area (Å²) in [6.07, 6.45) is 3.50. The van der Waals surface area contributed by atoms with Crippen LogP contribution in [0.3, 0.4) is 0 Å². The van der Waals surface area contributed by atoms with Crippen LogP contribution in [0.25, 0.3) is 0 Å². The van der Waals surface area contributed by atoms with E-state index in [1.165, 1.54) is 11.1 Å². The normalized spacial score (nSPS) is 15.5. The molecule has 0 spiro atoms. The Morgan fingerprint density at radius 1 is 1.53 bits per heavy atom. The molecule has 0 aromatic heterocycles. The third-order valence-corrected chi connectivity index (χ3v) is 3.65. The number of amides is 1. The maximum Gasteiger partial charge on any atom is 0.244 e. The number of carbonyl (C=O) groups is 1. The number of fused-ring (bicyclic) bond motifs is 1. The summed E-state index contributed by atoms with van der Waals surface area (Å²) in [5.41, 5.74) is 3.45. The number of carbonyl (C=O) groups excluding carboxylic acids is 1. The van der Waals surface area contributed by atoms with Crippen LogP contribution < -0.4 is 4.90 Å². The summed E-state index contributed by atoms with van der Waals surface area (Å²) in [4.78, 5) is 14.3. The van der Waals surface area contributed by atoms with Gasteiger partial charge in [0.2, 0.25) is 5.91 Å². The summed E-state index contributed by atoms with van der Waals surface area (Å²) < 4.78 is 0. The van der Waals surface area contributed by atoms with Crippen molar-refractivity contribution in [2.75, 3.05) is 11.4 Å². The van der Waals surface area contributed by atoms with Gasteiger partial charge in [-0.2, -0.15) is 5.26 Å². The van der Waals surface area contributed by atoms with E-state index in [-0.39, 0.29) is 5.91 Å². The molecule has 1 atom stereocenters. The van der Waals surface area contributed by atoms with Crippen molar-refractivity contribution in [3.05, 3.63) is 29.3 Å². The van der Waals surface area contributed by atoms with Crippen LogP contribution in [0.4, 0.5) is 5.69 Å². The number of benzene rings is 1. The Morgan fingerprint density at radius 3 is 3.00 bits per heavy atom. The fourth-order valence-electron chi connectivity index (χ4n) is 2.67. The van der Waals surface area contributed by atoms with Gasteiger partial charge in [0, 0.05) is 12.2 Å². The summed E-state index contributed by atoms with van der Waals surface area (Å²) in [7, 11) is 0. The first kappa shape index (κ1) is 13.6. The molecule has 0 N–H and O–H groups in total. The van der Waals surface area contributed by atoms with Crippen molar-refractivity contribution < 1.29 is 4.79 Å². The Kier molecular flexibility index (Phi) is 4.21. The summed E-state index contributed by atoms with van der Waals surface area (Å²) in [5.74, 6) is -0.536. The molecule has 0 bridgehead atoms. The molecule has 3 nitrogen and oxygen atoms in total. The summed E-state index contributed by atoms with van der Waals surface area (Å²) in [6.45, 7) is 4.80. The van der Waals surface area contributed by atoms with Crippen molar-refractivity contribution >= 4 is 11.6 Å². The lowest BCUT2D eigenvalue weighted by molar-refractivity contribution is -0.121. The first-order valence-electron chi connectivity index (χ1n) is 6.98. The van der Waals surface area contributed by atoms with E-state index in [9.17, 15) is 4.79 Å². The van der Waals surface area contributed by atoms with E-state index >= 15 is 0 Å². The van der Waals surface area contributed by atoms with Crippen molar-refractivity contribution in [1.82, 2.24) is 0 Å². The minimum absolute atomic E-state index is 0.0332. The largest absolute Gasteiger partial charge is 0.311 e. The summed E-state index contributed by atoms with van der Waals surface area (Å²) >= 11 is 0. The topological polar surface area (TPSA) is 44.1 Å². The molecule has 0 saturated carbocycles. The molecule has 0 radical (unpaired) electrons. The van der Waals surface area contributed by atoms with Crippen LogP contribution >= 0.6 is 0 Å². The lowest BCUT2D eigenvalue weighted by atomic mass is 9.97. The number of nitriles is 1. The fourth-order valence-corrected chi connectivity index (χ4v) is 2.67. The molecule has 0 fully saturated rings. The molecule has 1 heterocycles. The quantitative estimate of drug-likeness (QED) is 0.833. The zero-order chi connectivity index (χ0) is 13.8. The highest BCUT2D eigenvalue weighted by molar-refractivity contribution is 5.97. The van der Waals surface area contributed by atoms with Crippen molar-refractivity contribution in [1.29, 1.82) is 5.26 Å². The fraction of sp³-hybridized carbons (Fsp3) is 0.500. The third-order valence-electron chi connectivity index (χ3n) is 3.65. The van der Waals surface area contributed by atoms with Crippen LogP contribution in [0.2, 0.25) is 0 Å². The van der Waals surface area contributed by atoms with Gasteiger partial charge in [0.1, 0.15) is 5.92 Å². The molecular weight excluding hydrogens is 236 g/mol. The van der Waals surface area contributed by atoms with Crippen LogP contribution in [0, 0.1) is 24.2 Å². The molecule has 1 unspecified atom stereocenters. The standard InChI is InChI=1S/C16H20N2O/c1-3-5-14(11-17)16(19)18-9-4-6-13-10-12(2)7-8-15(13)18/h7-8,10,14H,3-6,9H2,1-2H3. The predicted octanol–water partition coefficient (Wildman–Crippen LogP) is 3.21. The average Bonchev–Trinajstić information content (AvgIpc) is 2.43. The second kappa shape index (κ2) is 5.88. The molecule has 3 heteroatoms. The molecule has 19 heavy (non-hydrogen) atoms. The van der Waals surface area contributed by atoms with Gasteiger partial charge < -0.3 is 4.90 Å². The zero-order valence-corrected chi connectivity index (χ0v) is 11.6. The van der Waals surface area contributed by atoms with Gasteiger partial charge in [-0.1, -0.05) is 31.0 Å². The number of aryl methyl sites for hydroxylation is 2. The second-order valence-corrected chi connectivity index (χ2v) is 5.20. The Balaban J connectivity index is 2.28. The van der Waals surface area contributed by atoms with Gasteiger partial charge in [-0.05, 0) is 37.8 Å². The zero-order valence-electron chi connectivity index (χ0n) is 11.6. The Bertz CT molecular complexity index is 516. The maximum absolute atomic E-state index is 12.5.